The lowest BCUT2D eigenvalue weighted by molar-refractivity contribution is 0.0951. The van der Waals surface area contributed by atoms with Crippen LogP contribution in [0.1, 0.15) is 53.1 Å². The lowest BCUT2D eigenvalue weighted by Crippen LogP contribution is -2.33. The van der Waals surface area contributed by atoms with Crippen LogP contribution in [0.5, 0.6) is 0 Å². The fourth-order valence-corrected chi connectivity index (χ4v) is 5.94. The standard InChI is InChI=1S/C33H33Cl2FN2O.ClH/c34-30-14-12-25(20-31(30)35)26(11-10-23-16-18-38(19-17-23)22-24-6-2-1-3-7-24)21-37-33(39)29-13-15-32(36)28-9-5-4-8-27(28)29;/h1-9,12-15,20,23,26H,10-11,16-19,21-22H2,(H,37,39);1H. The number of carbonyl (C=O) groups is 1. The van der Waals surface area contributed by atoms with Crippen LogP contribution < -0.4 is 5.32 Å². The van der Waals surface area contributed by atoms with Gasteiger partial charge in [0.15, 0.2) is 0 Å². The molecule has 0 saturated carbocycles. The van der Waals surface area contributed by atoms with E-state index in [1.165, 1.54) is 24.5 Å². The van der Waals surface area contributed by atoms with Crippen LogP contribution in [-0.4, -0.2) is 30.4 Å². The number of nitrogens with zero attached hydrogens (tertiary/aromatic N) is 1. The number of likely N-dealkylation sites (tertiary alicyclic amines) is 1. The van der Waals surface area contributed by atoms with E-state index in [1.807, 2.05) is 24.3 Å². The highest BCUT2D eigenvalue weighted by molar-refractivity contribution is 6.42. The molecule has 4 aromatic rings. The number of rotatable bonds is 9. The molecular formula is C33H34Cl3FN2O. The molecule has 0 bridgehead atoms. The SMILES string of the molecule is Cl.O=C(NCC(CCC1CCN(Cc2ccccc2)CC1)c1ccc(Cl)c(Cl)c1)c1ccc(F)c2ccccc12. The monoisotopic (exact) mass is 598 g/mol. The second-order valence-electron chi connectivity index (χ2n) is 10.5. The maximum atomic E-state index is 14.3. The Morgan fingerprint density at radius 3 is 2.33 bits per heavy atom. The summed E-state index contributed by atoms with van der Waals surface area (Å²) in [6.07, 6.45) is 4.37. The molecule has 0 radical (unpaired) electrons. The Morgan fingerprint density at radius 2 is 1.60 bits per heavy atom. The van der Waals surface area contributed by atoms with Gasteiger partial charge in [-0.3, -0.25) is 9.69 Å². The van der Waals surface area contributed by atoms with E-state index in [2.05, 4.69) is 40.5 Å². The van der Waals surface area contributed by atoms with Gasteiger partial charge in [0.05, 0.1) is 10.0 Å². The summed E-state index contributed by atoms with van der Waals surface area (Å²) in [5.41, 5.74) is 2.90. The first-order valence-corrected chi connectivity index (χ1v) is 14.4. The van der Waals surface area contributed by atoms with Crippen molar-refractivity contribution >= 4 is 52.3 Å². The average molecular weight is 600 g/mol. The number of piperidine rings is 1. The average Bonchev–Trinajstić information content (AvgIpc) is 2.96. The van der Waals surface area contributed by atoms with Gasteiger partial charge >= 0.3 is 0 Å². The first kappa shape index (κ1) is 30.3. The van der Waals surface area contributed by atoms with E-state index in [0.717, 1.165) is 38.0 Å². The molecule has 3 nitrogen and oxygen atoms in total. The summed E-state index contributed by atoms with van der Waals surface area (Å²) in [5, 5.41) is 5.22. The molecule has 0 aliphatic carbocycles. The highest BCUT2D eigenvalue weighted by atomic mass is 35.5. The Morgan fingerprint density at radius 1 is 0.900 bits per heavy atom. The topological polar surface area (TPSA) is 32.3 Å². The number of halogens is 4. The fraction of sp³-hybridized carbons (Fsp3) is 0.303. The molecule has 210 valence electrons. The number of nitrogens with one attached hydrogen (secondary N) is 1. The maximum absolute atomic E-state index is 14.3. The zero-order chi connectivity index (χ0) is 27.2. The molecule has 0 aromatic heterocycles. The van der Waals surface area contributed by atoms with Gasteiger partial charge in [0.25, 0.3) is 5.91 Å². The molecule has 1 N–H and O–H groups in total. The summed E-state index contributed by atoms with van der Waals surface area (Å²) in [5.74, 6) is 0.216. The molecule has 1 unspecified atom stereocenters. The molecule has 5 rings (SSSR count). The Labute approximate surface area is 252 Å². The van der Waals surface area contributed by atoms with Gasteiger partial charge < -0.3 is 5.32 Å². The van der Waals surface area contributed by atoms with Crippen molar-refractivity contribution in [3.63, 3.8) is 0 Å². The highest BCUT2D eigenvalue weighted by Gasteiger charge is 2.22. The van der Waals surface area contributed by atoms with Crippen LogP contribution in [0.4, 0.5) is 4.39 Å². The Bertz CT molecular complexity index is 1420. The molecule has 1 fully saturated rings. The minimum Gasteiger partial charge on any atom is -0.351 e. The van der Waals surface area contributed by atoms with Crippen LogP contribution in [0, 0.1) is 11.7 Å². The number of fused-ring (bicyclic) bond motifs is 1. The third kappa shape index (κ3) is 7.55. The lowest BCUT2D eigenvalue weighted by Gasteiger charge is -2.32. The first-order chi connectivity index (χ1) is 19.0. The van der Waals surface area contributed by atoms with Crippen molar-refractivity contribution in [2.24, 2.45) is 5.92 Å². The van der Waals surface area contributed by atoms with Crippen molar-refractivity contribution in [3.05, 3.63) is 117 Å². The quantitative estimate of drug-likeness (QED) is 0.208. The van der Waals surface area contributed by atoms with Crippen molar-refractivity contribution in [3.8, 4) is 0 Å². The van der Waals surface area contributed by atoms with Crippen LogP contribution in [0.2, 0.25) is 10.0 Å². The van der Waals surface area contributed by atoms with E-state index in [1.54, 1.807) is 24.3 Å². The molecule has 1 atom stereocenters. The van der Waals surface area contributed by atoms with E-state index < -0.39 is 0 Å². The van der Waals surface area contributed by atoms with E-state index in [9.17, 15) is 9.18 Å². The number of hydrogen-bond donors (Lipinski definition) is 1. The summed E-state index contributed by atoms with van der Waals surface area (Å²) in [6, 6.07) is 26.4. The predicted octanol–water partition coefficient (Wildman–Crippen LogP) is 8.91. The van der Waals surface area contributed by atoms with Crippen molar-refractivity contribution in [2.45, 2.75) is 38.1 Å². The van der Waals surface area contributed by atoms with E-state index in [-0.39, 0.29) is 30.0 Å². The maximum Gasteiger partial charge on any atom is 0.251 e. The van der Waals surface area contributed by atoms with Gasteiger partial charge in [0.2, 0.25) is 0 Å². The molecule has 40 heavy (non-hydrogen) atoms. The number of hydrogen-bond acceptors (Lipinski definition) is 2. The van der Waals surface area contributed by atoms with E-state index in [0.29, 0.717) is 38.8 Å². The van der Waals surface area contributed by atoms with Gasteiger partial charge in [-0.1, -0.05) is 83.9 Å². The molecule has 0 spiro atoms. The normalized spacial score (nSPS) is 15.0. The van der Waals surface area contributed by atoms with Crippen molar-refractivity contribution in [1.82, 2.24) is 10.2 Å². The summed E-state index contributed by atoms with van der Waals surface area (Å²) < 4.78 is 14.3. The minimum absolute atomic E-state index is 0. The van der Waals surface area contributed by atoms with Crippen LogP contribution in [0.25, 0.3) is 10.8 Å². The minimum atomic E-state index is -0.328. The van der Waals surface area contributed by atoms with Crippen molar-refractivity contribution in [1.29, 1.82) is 0 Å². The Balaban J connectivity index is 0.00000370. The largest absolute Gasteiger partial charge is 0.351 e. The zero-order valence-electron chi connectivity index (χ0n) is 22.3. The third-order valence-corrected chi connectivity index (χ3v) is 8.66. The molecule has 1 aliphatic rings. The van der Waals surface area contributed by atoms with E-state index in [4.69, 9.17) is 23.2 Å². The molecule has 7 heteroatoms. The number of carbonyl (C=O) groups excluding carboxylic acids is 1. The summed E-state index contributed by atoms with van der Waals surface area (Å²) in [7, 11) is 0. The predicted molar refractivity (Wildman–Crippen MR) is 166 cm³/mol. The van der Waals surface area contributed by atoms with Crippen molar-refractivity contribution in [2.75, 3.05) is 19.6 Å². The molecule has 1 heterocycles. The highest BCUT2D eigenvalue weighted by Crippen LogP contribution is 2.32. The van der Waals surface area contributed by atoms with Gasteiger partial charge in [-0.05, 0) is 85.5 Å². The first-order valence-electron chi connectivity index (χ1n) is 13.6. The molecular weight excluding hydrogens is 566 g/mol. The lowest BCUT2D eigenvalue weighted by atomic mass is 9.86. The summed E-state index contributed by atoms with van der Waals surface area (Å²) in [6.45, 7) is 3.68. The van der Waals surface area contributed by atoms with Gasteiger partial charge in [-0.25, -0.2) is 4.39 Å². The Kier molecular flexibility index (Phi) is 10.9. The van der Waals surface area contributed by atoms with Crippen molar-refractivity contribution < 1.29 is 9.18 Å². The number of amides is 1. The van der Waals surface area contributed by atoms with Gasteiger partial charge in [-0.2, -0.15) is 0 Å². The number of benzene rings is 4. The third-order valence-electron chi connectivity index (χ3n) is 7.92. The molecule has 1 amide bonds. The molecule has 1 aliphatic heterocycles. The summed E-state index contributed by atoms with van der Waals surface area (Å²) >= 11 is 12.6. The van der Waals surface area contributed by atoms with Crippen LogP contribution in [-0.2, 0) is 6.54 Å². The molecule has 4 aromatic carbocycles. The second kappa shape index (κ2) is 14.3. The smallest absolute Gasteiger partial charge is 0.251 e. The second-order valence-corrected chi connectivity index (χ2v) is 11.3. The summed E-state index contributed by atoms with van der Waals surface area (Å²) in [4.78, 5) is 15.8. The molecule has 1 saturated heterocycles. The van der Waals surface area contributed by atoms with Crippen LogP contribution in [0.3, 0.4) is 0 Å². The van der Waals surface area contributed by atoms with Gasteiger partial charge in [-0.15, -0.1) is 12.4 Å². The zero-order valence-corrected chi connectivity index (χ0v) is 24.6. The van der Waals surface area contributed by atoms with Gasteiger partial charge in [0, 0.05) is 30.0 Å². The van der Waals surface area contributed by atoms with Crippen LogP contribution in [0.15, 0.2) is 84.9 Å². The van der Waals surface area contributed by atoms with E-state index >= 15 is 0 Å². The Hall–Kier alpha value is -2.63. The van der Waals surface area contributed by atoms with Crippen LogP contribution >= 0.6 is 35.6 Å². The fourth-order valence-electron chi connectivity index (χ4n) is 5.64. The van der Waals surface area contributed by atoms with Gasteiger partial charge in [0.1, 0.15) is 5.82 Å².